The first-order valence-corrected chi connectivity index (χ1v) is 16.8. The van der Waals surface area contributed by atoms with Gasteiger partial charge >= 0.3 is 5.97 Å². The van der Waals surface area contributed by atoms with Gasteiger partial charge < -0.3 is 19.9 Å². The highest BCUT2D eigenvalue weighted by Gasteiger charge is 2.38. The molecular weight excluding hydrogens is 568 g/mol. The molecule has 250 valence electrons. The summed E-state index contributed by atoms with van der Waals surface area (Å²) < 4.78 is 5.77. The summed E-state index contributed by atoms with van der Waals surface area (Å²) >= 11 is 0. The third-order valence-electron chi connectivity index (χ3n) is 9.32. The van der Waals surface area contributed by atoms with Gasteiger partial charge in [0.15, 0.2) is 0 Å². The van der Waals surface area contributed by atoms with Crippen molar-refractivity contribution in [1.82, 2.24) is 20.0 Å². The van der Waals surface area contributed by atoms with Gasteiger partial charge in [-0.05, 0) is 77.3 Å². The van der Waals surface area contributed by atoms with Crippen LogP contribution >= 0.6 is 0 Å². The molecule has 3 amide bonds. The van der Waals surface area contributed by atoms with Gasteiger partial charge in [0.1, 0.15) is 18.2 Å². The van der Waals surface area contributed by atoms with Crippen molar-refractivity contribution in [3.05, 3.63) is 47.5 Å². The summed E-state index contributed by atoms with van der Waals surface area (Å²) in [6.45, 7) is 17.0. The van der Waals surface area contributed by atoms with Crippen LogP contribution in [0.3, 0.4) is 0 Å². The van der Waals surface area contributed by atoms with E-state index >= 15 is 0 Å². The highest BCUT2D eigenvalue weighted by molar-refractivity contribution is 5.96. The van der Waals surface area contributed by atoms with Gasteiger partial charge in [0.05, 0.1) is 12.1 Å². The van der Waals surface area contributed by atoms with Crippen molar-refractivity contribution in [3.63, 3.8) is 0 Å². The Bertz CT molecular complexity index is 1200. The van der Waals surface area contributed by atoms with Crippen LogP contribution in [0.4, 0.5) is 0 Å². The second-order valence-corrected chi connectivity index (χ2v) is 13.8. The summed E-state index contributed by atoms with van der Waals surface area (Å²) in [6, 6.07) is 7.84. The zero-order valence-corrected chi connectivity index (χ0v) is 28.9. The molecule has 9 nitrogen and oxygen atoms in total. The van der Waals surface area contributed by atoms with Crippen LogP contribution in [0.15, 0.2) is 42.0 Å². The molecule has 45 heavy (non-hydrogen) atoms. The number of ether oxygens (including phenoxy) is 1. The maximum atomic E-state index is 13.9. The molecule has 3 rings (SSSR count). The molecule has 0 aromatic heterocycles. The van der Waals surface area contributed by atoms with E-state index in [9.17, 15) is 19.2 Å². The number of likely N-dealkylation sites (N-methyl/N-ethyl adjacent to an activating group) is 1. The van der Waals surface area contributed by atoms with E-state index in [0.717, 1.165) is 37.8 Å². The van der Waals surface area contributed by atoms with Gasteiger partial charge in [-0.2, -0.15) is 0 Å². The van der Waals surface area contributed by atoms with Crippen molar-refractivity contribution in [3.8, 4) is 0 Å². The van der Waals surface area contributed by atoms with Crippen molar-refractivity contribution in [2.75, 3.05) is 20.1 Å². The second-order valence-electron chi connectivity index (χ2n) is 13.8. The molecule has 0 bridgehead atoms. The minimum Gasteiger partial charge on any atom is -0.456 e. The lowest BCUT2D eigenvalue weighted by atomic mass is 9.95. The summed E-state index contributed by atoms with van der Waals surface area (Å²) in [4.78, 5) is 59.8. The molecule has 0 radical (unpaired) electrons. The molecule has 2 fully saturated rings. The molecule has 1 unspecified atom stereocenters. The number of hydrogen-bond acceptors (Lipinski definition) is 6. The van der Waals surface area contributed by atoms with E-state index in [4.69, 9.17) is 4.74 Å². The smallest absolute Gasteiger partial charge is 0.329 e. The molecular formula is C36H56N4O5. The molecule has 5 atom stereocenters. The number of piperidine rings is 1. The Kier molecular flexibility index (Phi) is 13.2. The number of benzene rings is 1. The lowest BCUT2D eigenvalue weighted by Gasteiger charge is -2.39. The minimum atomic E-state index is -0.687. The average Bonchev–Trinajstić information content (AvgIpc) is 3.51. The van der Waals surface area contributed by atoms with Crippen LogP contribution in [-0.2, 0) is 23.9 Å². The van der Waals surface area contributed by atoms with Crippen molar-refractivity contribution in [2.45, 2.75) is 124 Å². The largest absolute Gasteiger partial charge is 0.456 e. The monoisotopic (exact) mass is 624 g/mol. The third kappa shape index (κ3) is 9.18. The molecule has 0 saturated carbocycles. The number of esters is 1. The zero-order valence-electron chi connectivity index (χ0n) is 28.9. The molecule has 2 aliphatic rings. The highest BCUT2D eigenvalue weighted by atomic mass is 16.5. The van der Waals surface area contributed by atoms with Gasteiger partial charge in [-0.25, -0.2) is 4.79 Å². The fourth-order valence-electron chi connectivity index (χ4n) is 6.59. The summed E-state index contributed by atoms with van der Waals surface area (Å²) in [5.74, 6) is -1.02. The molecule has 0 spiro atoms. The second kappa shape index (κ2) is 16.4. The van der Waals surface area contributed by atoms with Crippen molar-refractivity contribution < 1.29 is 23.9 Å². The summed E-state index contributed by atoms with van der Waals surface area (Å²) in [5.41, 5.74) is 1.38. The maximum absolute atomic E-state index is 13.9. The van der Waals surface area contributed by atoms with Crippen LogP contribution in [0.25, 0.3) is 0 Å². The van der Waals surface area contributed by atoms with Crippen LogP contribution in [0, 0.1) is 11.8 Å². The summed E-state index contributed by atoms with van der Waals surface area (Å²) in [5, 5.41) is 3.09. The summed E-state index contributed by atoms with van der Waals surface area (Å²) in [6.07, 6.45) is 5.54. The zero-order chi connectivity index (χ0) is 33.4. The number of carbonyl (C=O) groups is 4. The van der Waals surface area contributed by atoms with Gasteiger partial charge in [-0.3, -0.25) is 19.3 Å². The van der Waals surface area contributed by atoms with E-state index in [-0.39, 0.29) is 47.7 Å². The first-order valence-electron chi connectivity index (χ1n) is 16.8. The fourth-order valence-corrected chi connectivity index (χ4v) is 6.59. The molecule has 1 aromatic carbocycles. The van der Waals surface area contributed by atoms with Gasteiger partial charge in [0.25, 0.3) is 0 Å². The minimum absolute atomic E-state index is 0.00560. The number of carbonyl (C=O) groups excluding carboxylic acids is 4. The van der Waals surface area contributed by atoms with E-state index in [1.54, 1.807) is 23.8 Å². The number of rotatable bonds is 12. The van der Waals surface area contributed by atoms with Gasteiger partial charge in [-0.15, -0.1) is 0 Å². The van der Waals surface area contributed by atoms with E-state index in [2.05, 4.69) is 24.1 Å². The predicted molar refractivity (Wildman–Crippen MR) is 177 cm³/mol. The predicted octanol–water partition coefficient (Wildman–Crippen LogP) is 5.11. The topological polar surface area (TPSA) is 99.3 Å². The number of likely N-dealkylation sites (tertiary alicyclic amines) is 2. The SMILES string of the molecule is C/C(=C\[C@H](C(C)C)N(C)C(=O)[C@@H](NC(=O)C1CCCCN1C(C)C)C(C)C)C(=O)N1CCC[C@H]1C(=O)O[C@@H](C)c1ccccc1. The normalized spacial score (nSPS) is 21.5. The van der Waals surface area contributed by atoms with E-state index in [1.807, 2.05) is 71.0 Å². The molecule has 2 aliphatic heterocycles. The number of amides is 3. The Morgan fingerprint density at radius 2 is 1.53 bits per heavy atom. The van der Waals surface area contributed by atoms with Crippen LogP contribution in [0.1, 0.15) is 99.2 Å². The van der Waals surface area contributed by atoms with Crippen LogP contribution in [0.5, 0.6) is 0 Å². The fraction of sp³-hybridized carbons (Fsp3) is 0.667. The van der Waals surface area contributed by atoms with Gasteiger partial charge in [-0.1, -0.05) is 70.5 Å². The molecule has 2 heterocycles. The molecule has 9 heteroatoms. The van der Waals surface area contributed by atoms with E-state index in [1.165, 1.54) is 0 Å². The average molecular weight is 625 g/mol. The van der Waals surface area contributed by atoms with Crippen LogP contribution in [0.2, 0.25) is 0 Å². The molecule has 0 aliphatic carbocycles. The van der Waals surface area contributed by atoms with Crippen molar-refractivity contribution >= 4 is 23.7 Å². The molecule has 1 N–H and O–H groups in total. The lowest BCUT2D eigenvalue weighted by Crippen LogP contribution is -2.58. The highest BCUT2D eigenvalue weighted by Crippen LogP contribution is 2.26. The first kappa shape index (κ1) is 36.3. The Balaban J connectivity index is 1.73. The standard InChI is InChI=1S/C36H56N4O5/c1-23(2)31(38(9)35(43)32(24(3)4)37-33(41)29-18-13-14-20-39(29)25(5)6)22-26(7)34(42)40-21-15-19-30(40)36(44)45-27(8)28-16-11-10-12-17-28/h10-12,16-17,22-25,27,29-32H,13-15,18-21H2,1-9H3,(H,37,41)/b26-22+/t27-,29?,30-,31+,32-/m0/s1. The summed E-state index contributed by atoms with van der Waals surface area (Å²) in [7, 11) is 1.74. The quantitative estimate of drug-likeness (QED) is 0.256. The molecule has 1 aromatic rings. The Morgan fingerprint density at radius 1 is 0.889 bits per heavy atom. The first-order chi connectivity index (χ1) is 21.2. The Morgan fingerprint density at radius 3 is 2.13 bits per heavy atom. The Labute approximate surface area is 270 Å². The third-order valence-corrected chi connectivity index (χ3v) is 9.32. The van der Waals surface area contributed by atoms with E-state index < -0.39 is 24.2 Å². The lowest BCUT2D eigenvalue weighted by molar-refractivity contribution is -0.156. The maximum Gasteiger partial charge on any atom is 0.329 e. The number of nitrogens with one attached hydrogen (secondary N) is 1. The number of hydrogen-bond donors (Lipinski definition) is 1. The number of nitrogens with zero attached hydrogens (tertiary/aromatic N) is 3. The van der Waals surface area contributed by atoms with Gasteiger partial charge in [0, 0.05) is 25.2 Å². The van der Waals surface area contributed by atoms with Gasteiger partial charge in [0.2, 0.25) is 17.7 Å². The van der Waals surface area contributed by atoms with Crippen molar-refractivity contribution in [1.29, 1.82) is 0 Å². The Hall–Kier alpha value is -3.20. The van der Waals surface area contributed by atoms with Crippen molar-refractivity contribution in [2.24, 2.45) is 11.8 Å². The molecule has 2 saturated heterocycles. The van der Waals surface area contributed by atoms with E-state index in [0.29, 0.717) is 18.5 Å². The van der Waals surface area contributed by atoms with Crippen LogP contribution in [-0.4, -0.2) is 88.7 Å². The van der Waals surface area contributed by atoms with Crippen LogP contribution < -0.4 is 5.32 Å².